The number of carbonyl (C=O) groups excluding carboxylic acids is 1. The lowest BCUT2D eigenvalue weighted by Crippen LogP contribution is -2.38. The summed E-state index contributed by atoms with van der Waals surface area (Å²) in [6.45, 7) is 0.982. The minimum Gasteiger partial charge on any atom is -0.492 e. The number of fused-ring (bicyclic) bond motifs is 1. The van der Waals surface area contributed by atoms with E-state index in [0.717, 1.165) is 17.4 Å². The van der Waals surface area contributed by atoms with Gasteiger partial charge in [-0.05, 0) is 37.0 Å². The van der Waals surface area contributed by atoms with E-state index in [-0.39, 0.29) is 22.1 Å². The molecule has 1 fully saturated rings. The number of amides is 2. The van der Waals surface area contributed by atoms with E-state index in [4.69, 9.17) is 20.3 Å². The van der Waals surface area contributed by atoms with Crippen LogP contribution in [0.5, 0.6) is 11.5 Å². The smallest absolute Gasteiger partial charge is 0.416 e. The summed E-state index contributed by atoms with van der Waals surface area (Å²) in [5.41, 5.74) is 5.91. The second-order valence-electron chi connectivity index (χ2n) is 9.37. The standard InChI is InChI=1S/C27H25F3N4O5S/c28-27(29,30)19-4-2-1-3-17(19)15-39-21-11-22(40-24(21)25(31)35)20-12-32-23-6-5-18(13-34(20)23)38-14-16-7-9-33(10-8-16)26(36)37/h1-6,11-13,16H,7-10,14-15H2,(H2,31,35)(H,36,37). The Balaban J connectivity index is 1.34. The summed E-state index contributed by atoms with van der Waals surface area (Å²) >= 11 is 1.05. The lowest BCUT2D eigenvalue weighted by molar-refractivity contribution is -0.138. The SMILES string of the molecule is NC(=O)c1sc(-c2cnc3ccc(OCC4CCN(C(=O)O)CC4)cn23)cc1OCc1ccccc1C(F)(F)F. The van der Waals surface area contributed by atoms with Crippen LogP contribution in [-0.4, -0.2) is 51.1 Å². The summed E-state index contributed by atoms with van der Waals surface area (Å²) in [7, 11) is 0. The Morgan fingerprint density at radius 1 is 1.12 bits per heavy atom. The predicted octanol–water partition coefficient (Wildman–Crippen LogP) is 5.53. The number of ether oxygens (including phenoxy) is 2. The first kappa shape index (κ1) is 27.3. The van der Waals surface area contributed by atoms with Gasteiger partial charge in [0.25, 0.3) is 5.91 Å². The van der Waals surface area contributed by atoms with Gasteiger partial charge in [-0.1, -0.05) is 18.2 Å². The summed E-state index contributed by atoms with van der Waals surface area (Å²) in [5, 5.41) is 9.12. The monoisotopic (exact) mass is 574 g/mol. The first-order chi connectivity index (χ1) is 19.1. The van der Waals surface area contributed by atoms with Crippen molar-refractivity contribution in [3.05, 3.63) is 70.9 Å². The third-order valence-electron chi connectivity index (χ3n) is 6.73. The molecule has 3 N–H and O–H groups in total. The number of halogens is 3. The molecule has 3 aromatic heterocycles. The molecule has 1 saturated heterocycles. The maximum Gasteiger partial charge on any atom is 0.416 e. The first-order valence-electron chi connectivity index (χ1n) is 12.4. The van der Waals surface area contributed by atoms with Gasteiger partial charge >= 0.3 is 12.3 Å². The van der Waals surface area contributed by atoms with Gasteiger partial charge in [0, 0.05) is 24.7 Å². The van der Waals surface area contributed by atoms with E-state index in [1.54, 1.807) is 35.0 Å². The van der Waals surface area contributed by atoms with Crippen LogP contribution in [0.2, 0.25) is 0 Å². The molecule has 0 saturated carbocycles. The maximum absolute atomic E-state index is 13.4. The van der Waals surface area contributed by atoms with Crippen LogP contribution in [0.1, 0.15) is 33.6 Å². The minimum atomic E-state index is -4.54. The van der Waals surface area contributed by atoms with Crippen molar-refractivity contribution in [2.45, 2.75) is 25.6 Å². The molecule has 4 aromatic rings. The van der Waals surface area contributed by atoms with Crippen LogP contribution in [0.25, 0.3) is 16.2 Å². The van der Waals surface area contributed by atoms with Crippen molar-refractivity contribution in [1.29, 1.82) is 0 Å². The van der Waals surface area contributed by atoms with Gasteiger partial charge in [-0.15, -0.1) is 11.3 Å². The summed E-state index contributed by atoms with van der Waals surface area (Å²) in [5.74, 6) is 0.132. The predicted molar refractivity (Wildman–Crippen MR) is 141 cm³/mol. The topological polar surface area (TPSA) is 119 Å². The van der Waals surface area contributed by atoms with Gasteiger partial charge < -0.3 is 25.2 Å². The highest BCUT2D eigenvalue weighted by Crippen LogP contribution is 2.38. The van der Waals surface area contributed by atoms with Crippen molar-refractivity contribution < 1.29 is 37.3 Å². The van der Waals surface area contributed by atoms with E-state index in [0.29, 0.717) is 54.5 Å². The molecular weight excluding hydrogens is 549 g/mol. The summed E-state index contributed by atoms with van der Waals surface area (Å²) in [4.78, 5) is 29.7. The Labute approximate surface area is 230 Å². The number of hydrogen-bond donors (Lipinski definition) is 2. The van der Waals surface area contributed by atoms with Crippen LogP contribution < -0.4 is 15.2 Å². The molecule has 40 heavy (non-hydrogen) atoms. The van der Waals surface area contributed by atoms with Gasteiger partial charge in [0.2, 0.25) is 0 Å². The molecule has 0 bridgehead atoms. The summed E-state index contributed by atoms with van der Waals surface area (Å²) < 4.78 is 53.6. The fourth-order valence-electron chi connectivity index (χ4n) is 4.59. The molecule has 2 amide bonds. The number of piperidine rings is 1. The highest BCUT2D eigenvalue weighted by atomic mass is 32.1. The molecule has 4 heterocycles. The molecule has 1 aliphatic heterocycles. The molecule has 1 aliphatic rings. The van der Waals surface area contributed by atoms with E-state index in [1.165, 1.54) is 23.1 Å². The lowest BCUT2D eigenvalue weighted by Gasteiger charge is -2.29. The van der Waals surface area contributed by atoms with Gasteiger partial charge in [-0.3, -0.25) is 9.20 Å². The molecule has 0 unspecified atom stereocenters. The van der Waals surface area contributed by atoms with E-state index in [9.17, 15) is 22.8 Å². The van der Waals surface area contributed by atoms with Crippen molar-refractivity contribution in [2.24, 2.45) is 11.7 Å². The molecule has 0 radical (unpaired) electrons. The van der Waals surface area contributed by atoms with Gasteiger partial charge in [0.1, 0.15) is 28.6 Å². The Morgan fingerprint density at radius 3 is 2.58 bits per heavy atom. The molecule has 1 aromatic carbocycles. The number of carboxylic acid groups (broad SMARTS) is 1. The van der Waals surface area contributed by atoms with Crippen molar-refractivity contribution in [2.75, 3.05) is 19.7 Å². The largest absolute Gasteiger partial charge is 0.492 e. The zero-order valence-corrected chi connectivity index (χ0v) is 21.9. The van der Waals surface area contributed by atoms with Crippen LogP contribution >= 0.6 is 11.3 Å². The molecule has 9 nitrogen and oxygen atoms in total. The summed E-state index contributed by atoms with van der Waals surface area (Å²) in [6.07, 6.45) is -0.657. The quantitative estimate of drug-likeness (QED) is 0.286. The number of likely N-dealkylation sites (tertiary alicyclic amines) is 1. The van der Waals surface area contributed by atoms with Crippen molar-refractivity contribution in [1.82, 2.24) is 14.3 Å². The molecule has 0 atom stereocenters. The lowest BCUT2D eigenvalue weighted by atomic mass is 9.98. The molecule has 210 valence electrons. The number of nitrogens with two attached hydrogens (primary N) is 1. The van der Waals surface area contributed by atoms with Gasteiger partial charge in [0.05, 0.1) is 35.1 Å². The second-order valence-corrected chi connectivity index (χ2v) is 10.4. The number of carbonyl (C=O) groups is 2. The number of pyridine rings is 1. The number of primary amides is 1. The normalized spacial score (nSPS) is 14.4. The van der Waals surface area contributed by atoms with Crippen LogP contribution in [0.15, 0.2) is 54.9 Å². The van der Waals surface area contributed by atoms with E-state index in [1.807, 2.05) is 0 Å². The molecule has 13 heteroatoms. The highest BCUT2D eigenvalue weighted by Gasteiger charge is 2.33. The molecule has 0 spiro atoms. The van der Waals surface area contributed by atoms with Crippen molar-refractivity contribution in [3.8, 4) is 22.1 Å². The number of rotatable bonds is 8. The number of imidazole rings is 1. The fourth-order valence-corrected chi connectivity index (χ4v) is 5.55. The zero-order chi connectivity index (χ0) is 28.4. The van der Waals surface area contributed by atoms with Gasteiger partial charge in [0.15, 0.2) is 0 Å². The van der Waals surface area contributed by atoms with Crippen LogP contribution in [0.4, 0.5) is 18.0 Å². The fraction of sp³-hybridized carbons (Fsp3) is 0.296. The first-order valence-corrected chi connectivity index (χ1v) is 13.2. The molecular formula is C27H25F3N4O5S. The molecule has 5 rings (SSSR count). The Bertz CT molecular complexity index is 1540. The third-order valence-corrected chi connectivity index (χ3v) is 7.88. The number of thiophene rings is 1. The van der Waals surface area contributed by atoms with Crippen LogP contribution in [-0.2, 0) is 12.8 Å². The van der Waals surface area contributed by atoms with Crippen molar-refractivity contribution in [3.63, 3.8) is 0 Å². The second kappa shape index (κ2) is 11.1. The minimum absolute atomic E-state index is 0.0663. The van der Waals surface area contributed by atoms with Crippen molar-refractivity contribution >= 4 is 29.0 Å². The Kier molecular flexibility index (Phi) is 7.57. The highest BCUT2D eigenvalue weighted by molar-refractivity contribution is 7.17. The van der Waals surface area contributed by atoms with E-state index < -0.39 is 30.3 Å². The third kappa shape index (κ3) is 5.83. The van der Waals surface area contributed by atoms with Crippen LogP contribution in [0.3, 0.4) is 0 Å². The number of nitrogens with zero attached hydrogens (tertiary/aromatic N) is 3. The zero-order valence-electron chi connectivity index (χ0n) is 21.1. The summed E-state index contributed by atoms with van der Waals surface area (Å²) in [6, 6.07) is 10.2. The average molecular weight is 575 g/mol. The average Bonchev–Trinajstić information content (AvgIpc) is 3.54. The number of alkyl halides is 3. The number of aromatic nitrogens is 2. The van der Waals surface area contributed by atoms with E-state index in [2.05, 4.69) is 4.98 Å². The van der Waals surface area contributed by atoms with Gasteiger partial charge in [-0.25, -0.2) is 9.78 Å². The van der Waals surface area contributed by atoms with Gasteiger partial charge in [-0.2, -0.15) is 13.2 Å². The number of benzene rings is 1. The maximum atomic E-state index is 13.4. The Morgan fingerprint density at radius 2 is 1.88 bits per heavy atom. The van der Waals surface area contributed by atoms with Crippen LogP contribution in [0, 0.1) is 5.92 Å². The molecule has 0 aliphatic carbocycles. The van der Waals surface area contributed by atoms with E-state index >= 15 is 0 Å². The number of hydrogen-bond acceptors (Lipinski definition) is 6. The Hall–Kier alpha value is -4.26.